The summed E-state index contributed by atoms with van der Waals surface area (Å²) < 4.78 is 6.81. The number of aromatic nitrogens is 3. The molecule has 0 radical (unpaired) electrons. The van der Waals surface area contributed by atoms with E-state index in [4.69, 9.17) is 19.4 Å². The molecular formula is C61H39N3O. The van der Waals surface area contributed by atoms with E-state index in [-0.39, 0.29) is 0 Å². The van der Waals surface area contributed by atoms with Gasteiger partial charge in [-0.15, -0.1) is 0 Å². The van der Waals surface area contributed by atoms with Gasteiger partial charge in [0.1, 0.15) is 11.2 Å². The minimum atomic E-state index is 0.614. The lowest BCUT2D eigenvalue weighted by Crippen LogP contribution is -2.00. The molecule has 0 aliphatic carbocycles. The van der Waals surface area contributed by atoms with Gasteiger partial charge in [-0.3, -0.25) is 0 Å². The van der Waals surface area contributed by atoms with Crippen molar-refractivity contribution in [3.63, 3.8) is 0 Å². The Labute approximate surface area is 376 Å². The summed E-state index contributed by atoms with van der Waals surface area (Å²) in [5, 5.41) is 4.39. The lowest BCUT2D eigenvalue weighted by molar-refractivity contribution is 0.673. The van der Waals surface area contributed by atoms with Crippen LogP contribution >= 0.6 is 0 Å². The molecule has 2 aromatic heterocycles. The second-order valence-corrected chi connectivity index (χ2v) is 16.4. The second-order valence-electron chi connectivity index (χ2n) is 16.4. The molecule has 0 aliphatic heterocycles. The third-order valence-electron chi connectivity index (χ3n) is 12.3. The van der Waals surface area contributed by atoms with Gasteiger partial charge in [0, 0.05) is 32.8 Å². The third kappa shape index (κ3) is 7.13. The van der Waals surface area contributed by atoms with Crippen LogP contribution in [0.25, 0.3) is 123 Å². The van der Waals surface area contributed by atoms with E-state index >= 15 is 0 Å². The highest BCUT2D eigenvalue weighted by molar-refractivity contribution is 6.22. The van der Waals surface area contributed by atoms with Crippen molar-refractivity contribution in [3.05, 3.63) is 237 Å². The molecule has 12 rings (SSSR count). The first-order valence-electron chi connectivity index (χ1n) is 21.9. The first-order valence-corrected chi connectivity index (χ1v) is 21.9. The van der Waals surface area contributed by atoms with Crippen molar-refractivity contribution in [2.75, 3.05) is 0 Å². The van der Waals surface area contributed by atoms with Crippen LogP contribution in [0.3, 0.4) is 0 Å². The molecule has 0 amide bonds. The van der Waals surface area contributed by atoms with Gasteiger partial charge < -0.3 is 4.42 Å². The number of fused-ring (bicyclic) bond motifs is 5. The van der Waals surface area contributed by atoms with Gasteiger partial charge in [0.15, 0.2) is 17.5 Å². The molecule has 10 aromatic carbocycles. The summed E-state index contributed by atoms with van der Waals surface area (Å²) in [6.45, 7) is 0. The molecule has 0 atom stereocenters. The zero-order valence-corrected chi connectivity index (χ0v) is 35.3. The van der Waals surface area contributed by atoms with Crippen molar-refractivity contribution < 1.29 is 4.42 Å². The number of furan rings is 1. The van der Waals surface area contributed by atoms with Crippen molar-refractivity contribution in [2.24, 2.45) is 0 Å². The molecule has 0 spiro atoms. The van der Waals surface area contributed by atoms with Crippen LogP contribution < -0.4 is 0 Å². The van der Waals surface area contributed by atoms with Crippen molar-refractivity contribution in [2.45, 2.75) is 0 Å². The molecule has 0 fully saturated rings. The zero-order valence-electron chi connectivity index (χ0n) is 35.3. The summed E-state index contributed by atoms with van der Waals surface area (Å²) in [4.78, 5) is 15.1. The molecule has 304 valence electrons. The number of hydrogen-bond acceptors (Lipinski definition) is 4. The van der Waals surface area contributed by atoms with E-state index in [2.05, 4.69) is 200 Å². The molecule has 0 unspecified atom stereocenters. The van der Waals surface area contributed by atoms with Crippen LogP contribution in [-0.2, 0) is 0 Å². The quantitative estimate of drug-likeness (QED) is 0.153. The fraction of sp³-hybridized carbons (Fsp3) is 0. The van der Waals surface area contributed by atoms with E-state index in [1.54, 1.807) is 0 Å². The summed E-state index contributed by atoms with van der Waals surface area (Å²) in [5.41, 5.74) is 16.0. The molecular weight excluding hydrogens is 791 g/mol. The van der Waals surface area contributed by atoms with Gasteiger partial charge in [0.2, 0.25) is 0 Å². The van der Waals surface area contributed by atoms with Gasteiger partial charge in [-0.25, -0.2) is 15.0 Å². The fourth-order valence-corrected chi connectivity index (χ4v) is 9.10. The van der Waals surface area contributed by atoms with Gasteiger partial charge in [0.05, 0.1) is 0 Å². The highest BCUT2D eigenvalue weighted by Crippen LogP contribution is 2.44. The summed E-state index contributed by atoms with van der Waals surface area (Å²) in [6.07, 6.45) is 0. The molecule has 65 heavy (non-hydrogen) atoms. The van der Waals surface area contributed by atoms with Crippen LogP contribution in [0.2, 0.25) is 0 Å². The smallest absolute Gasteiger partial charge is 0.164 e. The van der Waals surface area contributed by atoms with Crippen molar-refractivity contribution >= 4 is 32.7 Å². The number of benzene rings is 10. The molecule has 0 N–H and O–H groups in total. The third-order valence-corrected chi connectivity index (χ3v) is 12.3. The Morgan fingerprint density at radius 2 is 0.646 bits per heavy atom. The van der Waals surface area contributed by atoms with Gasteiger partial charge >= 0.3 is 0 Å². The highest BCUT2D eigenvalue weighted by Gasteiger charge is 2.20. The van der Waals surface area contributed by atoms with E-state index in [0.29, 0.717) is 17.5 Å². The summed E-state index contributed by atoms with van der Waals surface area (Å²) in [6, 6.07) is 83.0. The average Bonchev–Trinajstić information content (AvgIpc) is 3.78. The van der Waals surface area contributed by atoms with Crippen molar-refractivity contribution in [1.82, 2.24) is 15.0 Å². The molecule has 12 aromatic rings. The van der Waals surface area contributed by atoms with Crippen LogP contribution in [0.1, 0.15) is 0 Å². The average molecular weight is 830 g/mol. The monoisotopic (exact) mass is 829 g/mol. The maximum Gasteiger partial charge on any atom is 0.164 e. The zero-order chi connectivity index (χ0) is 43.1. The van der Waals surface area contributed by atoms with Gasteiger partial charge in [-0.05, 0) is 91.4 Å². The van der Waals surface area contributed by atoms with Gasteiger partial charge in [0.25, 0.3) is 0 Å². The van der Waals surface area contributed by atoms with E-state index in [9.17, 15) is 0 Å². The fourth-order valence-electron chi connectivity index (χ4n) is 9.10. The molecule has 0 saturated heterocycles. The maximum atomic E-state index is 6.81. The number of hydrogen-bond donors (Lipinski definition) is 0. The van der Waals surface area contributed by atoms with Crippen LogP contribution in [0.4, 0.5) is 0 Å². The van der Waals surface area contributed by atoms with Crippen LogP contribution in [0.5, 0.6) is 0 Å². The Kier molecular flexibility index (Phi) is 9.46. The summed E-state index contributed by atoms with van der Waals surface area (Å²) >= 11 is 0. The summed E-state index contributed by atoms with van der Waals surface area (Å²) in [7, 11) is 0. The lowest BCUT2D eigenvalue weighted by atomic mass is 9.89. The second kappa shape index (κ2) is 16.2. The number of nitrogens with zero attached hydrogens (tertiary/aromatic N) is 3. The van der Waals surface area contributed by atoms with Crippen LogP contribution in [0, 0.1) is 0 Å². The van der Waals surface area contributed by atoms with Crippen LogP contribution in [-0.4, -0.2) is 15.0 Å². The molecule has 0 saturated carbocycles. The molecule has 2 heterocycles. The molecule has 4 heteroatoms. The van der Waals surface area contributed by atoms with E-state index in [1.807, 2.05) is 36.4 Å². The molecule has 0 bridgehead atoms. The van der Waals surface area contributed by atoms with E-state index in [1.165, 1.54) is 27.8 Å². The predicted molar refractivity (Wildman–Crippen MR) is 268 cm³/mol. The van der Waals surface area contributed by atoms with E-state index < -0.39 is 0 Å². The predicted octanol–water partition coefficient (Wildman–Crippen LogP) is 16.3. The molecule has 4 nitrogen and oxygen atoms in total. The van der Waals surface area contributed by atoms with Crippen LogP contribution in [0.15, 0.2) is 241 Å². The first-order chi connectivity index (χ1) is 32.2. The Bertz CT molecular complexity index is 3600. The van der Waals surface area contributed by atoms with Crippen molar-refractivity contribution in [3.8, 4) is 89.8 Å². The van der Waals surface area contributed by atoms with E-state index in [0.717, 1.165) is 77.2 Å². The first kappa shape index (κ1) is 38.0. The largest absolute Gasteiger partial charge is 0.455 e. The normalized spacial score (nSPS) is 11.4. The Morgan fingerprint density at radius 1 is 0.246 bits per heavy atom. The van der Waals surface area contributed by atoms with Gasteiger partial charge in [-0.1, -0.05) is 206 Å². The lowest BCUT2D eigenvalue weighted by Gasteiger charge is -2.14. The molecule has 0 aliphatic rings. The minimum Gasteiger partial charge on any atom is -0.455 e. The Balaban J connectivity index is 0.979. The summed E-state index contributed by atoms with van der Waals surface area (Å²) in [5.74, 6) is 1.87. The highest BCUT2D eigenvalue weighted by atomic mass is 16.3. The van der Waals surface area contributed by atoms with Gasteiger partial charge in [-0.2, -0.15) is 0 Å². The van der Waals surface area contributed by atoms with Crippen molar-refractivity contribution in [1.29, 1.82) is 0 Å². The Morgan fingerprint density at radius 3 is 1.18 bits per heavy atom. The topological polar surface area (TPSA) is 51.8 Å². The standard InChI is InChI=1S/C61H39N3O/c1-5-16-40(17-6-1)43-28-32-46(33-29-43)60-62-59(45-22-11-4-12-23-45)63-61(64-60)47-34-30-44(31-35-47)51-26-15-27-56-57(51)55-39-54(52-24-13-14-25-53(52)58(55)65-56)50-37-48(41-18-7-2-8-19-41)36-49(38-50)42-20-9-3-10-21-42/h1-39H. The number of rotatable bonds is 8. The maximum absolute atomic E-state index is 6.81. The minimum absolute atomic E-state index is 0.614. The Hall–Kier alpha value is -8.73. The SMILES string of the molecule is c1ccc(-c2ccc(-c3nc(-c4ccccc4)nc(-c4ccc(-c5cccc6oc7c8ccccc8c(-c8cc(-c9ccccc9)cc(-c9ccccc9)c8)cc7c56)cc4)n3)cc2)cc1.